The Morgan fingerprint density at radius 1 is 0.242 bits per heavy atom. The van der Waals surface area contributed by atoms with Gasteiger partial charge < -0.3 is 9.80 Å². The van der Waals surface area contributed by atoms with Crippen LogP contribution in [0, 0.1) is 37.1 Å². The van der Waals surface area contributed by atoms with Gasteiger partial charge in [0, 0.05) is 46.3 Å². The molecule has 0 aromatic heterocycles. The summed E-state index contributed by atoms with van der Waals surface area (Å²) in [5.74, 6) is -3.84. The maximum absolute atomic E-state index is 16.3. The van der Waals surface area contributed by atoms with Crippen molar-refractivity contribution in [2.45, 2.75) is 30.1 Å². The summed E-state index contributed by atoms with van der Waals surface area (Å²) in [6, 6.07) is 104. The van der Waals surface area contributed by atoms with Crippen molar-refractivity contribution in [2.24, 2.45) is 0 Å². The predicted octanol–water partition coefficient (Wildman–Crippen LogP) is 24.2. The van der Waals surface area contributed by atoms with E-state index < -0.39 is 39.5 Å². The van der Waals surface area contributed by atoms with Gasteiger partial charge in [0.15, 0.2) is 23.3 Å². The molecule has 0 bridgehead atoms. The highest BCUT2D eigenvalue weighted by Crippen LogP contribution is 2.65. The van der Waals surface area contributed by atoms with Gasteiger partial charge in [0.05, 0.1) is 16.2 Å². The van der Waals surface area contributed by atoms with Gasteiger partial charge in [0.25, 0.3) is 0 Å². The molecule has 99 heavy (non-hydrogen) atoms. The van der Waals surface area contributed by atoms with E-state index >= 15 is 17.6 Å². The van der Waals surface area contributed by atoms with Gasteiger partial charge in [-0.15, -0.1) is 0 Å². The van der Waals surface area contributed by atoms with Crippen LogP contribution in [-0.2, 0) is 16.2 Å². The molecular weight excluding hydrogens is 1220 g/mol. The number of hydrogen-bond acceptors (Lipinski definition) is 2. The van der Waals surface area contributed by atoms with Gasteiger partial charge in [-0.3, -0.25) is 0 Å². The molecule has 14 aromatic rings. The van der Waals surface area contributed by atoms with Gasteiger partial charge >= 0.3 is 0 Å². The Labute approximate surface area is 573 Å². The zero-order chi connectivity index (χ0) is 67.1. The number of hydrogen-bond donors (Lipinski definition) is 0. The molecule has 0 fully saturated rings. The van der Waals surface area contributed by atoms with Crippen molar-refractivity contribution >= 4 is 46.3 Å². The van der Waals surface area contributed by atoms with E-state index in [9.17, 15) is 0 Å². The minimum Gasteiger partial charge on any atom is -0.310 e. The first-order chi connectivity index (χ1) is 48.4. The topological polar surface area (TPSA) is 6.48 Å². The summed E-state index contributed by atoms with van der Waals surface area (Å²) in [6.45, 7) is 12.4. The van der Waals surface area contributed by atoms with E-state index in [4.69, 9.17) is 0 Å². The van der Waals surface area contributed by atoms with E-state index in [-0.39, 0.29) is 0 Å². The fourth-order valence-electron chi connectivity index (χ4n) is 17.3. The molecule has 472 valence electrons. The van der Waals surface area contributed by atoms with Crippen LogP contribution in [0.4, 0.5) is 51.7 Å². The molecule has 4 aliphatic carbocycles. The Morgan fingerprint density at radius 2 is 0.485 bits per heavy atom. The van der Waals surface area contributed by atoms with Crippen LogP contribution < -0.4 is 9.80 Å². The van der Waals surface area contributed by atoms with Crippen LogP contribution in [-0.4, -0.2) is 0 Å². The Kier molecular flexibility index (Phi) is 13.5. The molecule has 0 amide bonds. The van der Waals surface area contributed by atoms with Crippen LogP contribution in [0.5, 0.6) is 0 Å². The van der Waals surface area contributed by atoms with Crippen LogP contribution >= 0.6 is 0 Å². The number of anilines is 6. The second-order valence-electron chi connectivity index (χ2n) is 26.6. The third-order valence-corrected chi connectivity index (χ3v) is 21.6. The van der Waals surface area contributed by atoms with Gasteiger partial charge in [-0.2, -0.15) is 0 Å². The zero-order valence-corrected chi connectivity index (χ0v) is 54.3. The second-order valence-corrected chi connectivity index (χ2v) is 26.6. The molecule has 4 aliphatic rings. The molecule has 2 unspecified atom stereocenters. The number of rotatable bonds is 12. The minimum absolute atomic E-state index is 0.430. The first-order valence-corrected chi connectivity index (χ1v) is 33.5. The van der Waals surface area contributed by atoms with Gasteiger partial charge in [-0.25, -0.2) is 17.6 Å². The van der Waals surface area contributed by atoms with E-state index in [1.165, 1.54) is 24.3 Å². The molecule has 0 N–H and O–H groups in total. The van der Waals surface area contributed by atoms with Crippen LogP contribution in [0.15, 0.2) is 316 Å². The van der Waals surface area contributed by atoms with Gasteiger partial charge in [-0.05, 0) is 209 Å². The van der Waals surface area contributed by atoms with Crippen LogP contribution in [0.25, 0.3) is 56.7 Å². The molecule has 0 saturated carbocycles. The number of aryl methyl sites for hydroxylation is 2. The Hall–Kier alpha value is -12.1. The van der Waals surface area contributed by atoms with Gasteiger partial charge in [0.2, 0.25) is 0 Å². The monoisotopic (exact) mass is 1280 g/mol. The molecule has 2 atom stereocenters. The van der Waals surface area contributed by atoms with Crippen LogP contribution in [0.1, 0.15) is 89.0 Å². The number of halogens is 4. The van der Waals surface area contributed by atoms with Crippen molar-refractivity contribution in [3.05, 3.63) is 429 Å². The lowest BCUT2D eigenvalue weighted by molar-refractivity contribution is 0.509. The highest BCUT2D eigenvalue weighted by molar-refractivity contribution is 5.99. The van der Waals surface area contributed by atoms with Crippen molar-refractivity contribution in [1.29, 1.82) is 0 Å². The summed E-state index contributed by atoms with van der Waals surface area (Å²) < 4.78 is 63.6. The van der Waals surface area contributed by atoms with Gasteiger partial charge in [-0.1, -0.05) is 255 Å². The maximum Gasteiger partial charge on any atom is 0.160 e. The summed E-state index contributed by atoms with van der Waals surface area (Å²) in [5, 5.41) is 0. The quantitative estimate of drug-likeness (QED) is 0.113. The lowest BCUT2D eigenvalue weighted by atomic mass is 9.67. The summed E-state index contributed by atoms with van der Waals surface area (Å²) in [4.78, 5) is 4.12. The summed E-state index contributed by atoms with van der Waals surface area (Å²) in [6.07, 6.45) is 3.72. The predicted molar refractivity (Wildman–Crippen MR) is 396 cm³/mol. The summed E-state index contributed by atoms with van der Waals surface area (Å²) in [5.41, 5.74) is 26.8. The minimum atomic E-state index is -0.973. The number of benzene rings is 14. The SMILES string of the molecule is C=Cc1ccc(C2(c3ccc(C)cc3)c3ccccc3-c3ccc(N(c4ccc(F)c(F)c4)c4ccc5c(c4)C4(c6ccccc6-5)c5ccccc5-c5ccc(N(c6ccc(F)c(F)c6)c6ccc7c(c6)C(c6ccc(C)cc6)(c6ccc(C=C)cc6)c6ccccc6-7)cc54)cc32)cc1. The largest absolute Gasteiger partial charge is 0.310 e. The van der Waals surface area contributed by atoms with Crippen molar-refractivity contribution in [3.63, 3.8) is 0 Å². The molecule has 14 aromatic carbocycles. The fourth-order valence-corrected chi connectivity index (χ4v) is 17.3. The van der Waals surface area contributed by atoms with Gasteiger partial charge in [0.1, 0.15) is 0 Å². The Balaban J connectivity index is 0.864. The first-order valence-electron chi connectivity index (χ1n) is 33.5. The number of fused-ring (bicyclic) bond motifs is 16. The Bertz CT molecular complexity index is 5340. The molecule has 2 nitrogen and oxygen atoms in total. The van der Waals surface area contributed by atoms with E-state index in [1.807, 2.05) is 12.2 Å². The first kappa shape index (κ1) is 59.4. The van der Waals surface area contributed by atoms with Crippen LogP contribution in [0.3, 0.4) is 0 Å². The van der Waals surface area contributed by atoms with E-state index in [0.29, 0.717) is 11.4 Å². The van der Waals surface area contributed by atoms with Crippen LogP contribution in [0.2, 0.25) is 0 Å². The highest BCUT2D eigenvalue weighted by atomic mass is 19.2. The molecule has 0 radical (unpaired) electrons. The number of nitrogens with zero attached hydrogens (tertiary/aromatic N) is 2. The molecule has 6 heteroatoms. The normalized spacial score (nSPS) is 16.8. The molecule has 1 spiro atoms. The molecule has 0 heterocycles. The summed E-state index contributed by atoms with van der Waals surface area (Å²) in [7, 11) is 0. The lowest BCUT2D eigenvalue weighted by Gasteiger charge is -2.36. The highest BCUT2D eigenvalue weighted by Gasteiger charge is 2.53. The maximum atomic E-state index is 16.3. The molecule has 0 saturated heterocycles. The Morgan fingerprint density at radius 3 is 0.778 bits per heavy atom. The average molecular weight is 1280 g/mol. The van der Waals surface area contributed by atoms with Crippen molar-refractivity contribution in [3.8, 4) is 44.5 Å². The van der Waals surface area contributed by atoms with Crippen molar-refractivity contribution < 1.29 is 17.6 Å². The summed E-state index contributed by atoms with van der Waals surface area (Å²) >= 11 is 0. The average Bonchev–Trinajstić information content (AvgIpc) is 1.51. The standard InChI is InChI=1S/C93H62F4N2/c1-5-59-27-35-63(36-28-59)91(61-31-23-57(3)24-32-61)79-19-11-7-15-71(79)75-45-39-65(51-83(75)91)98(69-43-49-87(94)89(96)55-69)67-41-47-77-73-17-9-13-21-81(73)93(85(77)53-67)82-22-14-10-18-74(82)78-48-42-68(54-86(78)93)99(70-44-50-88(95)90(97)56-70)66-40-46-76-72-16-8-12-20-80(72)92(84(76)52-66,62-33-25-58(4)26-34-62)64-37-29-60(6-2)30-38-64/h5-56H,1-2H2,3-4H3. The third-order valence-electron chi connectivity index (χ3n) is 21.6. The molecular formula is C93H62F4N2. The fraction of sp³-hybridized carbons (Fsp3) is 0.0538. The van der Waals surface area contributed by atoms with Crippen molar-refractivity contribution in [2.75, 3.05) is 9.80 Å². The molecule has 0 aliphatic heterocycles. The molecule has 18 rings (SSSR count). The lowest BCUT2D eigenvalue weighted by Crippen LogP contribution is -2.29. The zero-order valence-electron chi connectivity index (χ0n) is 54.3. The third kappa shape index (κ3) is 8.55. The van der Waals surface area contributed by atoms with E-state index in [0.717, 1.165) is 156 Å². The smallest absolute Gasteiger partial charge is 0.160 e. The van der Waals surface area contributed by atoms with Crippen molar-refractivity contribution in [1.82, 2.24) is 0 Å². The van der Waals surface area contributed by atoms with E-state index in [1.54, 1.807) is 12.1 Å². The van der Waals surface area contributed by atoms with E-state index in [2.05, 4.69) is 304 Å². The second kappa shape index (κ2) is 22.5.